The van der Waals surface area contributed by atoms with Gasteiger partial charge >= 0.3 is 0 Å². The molecule has 3 rings (SSSR count). The Bertz CT molecular complexity index is 773. The summed E-state index contributed by atoms with van der Waals surface area (Å²) in [6.45, 7) is 2.84. The van der Waals surface area contributed by atoms with E-state index in [4.69, 9.17) is 16.3 Å². The van der Waals surface area contributed by atoms with E-state index in [-0.39, 0.29) is 29.1 Å². The summed E-state index contributed by atoms with van der Waals surface area (Å²) in [5, 5.41) is 15.2. The van der Waals surface area contributed by atoms with E-state index >= 15 is 0 Å². The van der Waals surface area contributed by atoms with E-state index in [0.717, 1.165) is 30.9 Å². The van der Waals surface area contributed by atoms with Crippen LogP contribution in [0.2, 0.25) is 5.02 Å². The Labute approximate surface area is 163 Å². The molecule has 0 saturated carbocycles. The van der Waals surface area contributed by atoms with Crippen molar-refractivity contribution >= 4 is 29.7 Å². The van der Waals surface area contributed by atoms with Crippen LogP contribution in [0.3, 0.4) is 0 Å². The van der Waals surface area contributed by atoms with Crippen LogP contribution in [0.15, 0.2) is 42.5 Å². The second-order valence-electron chi connectivity index (χ2n) is 5.96. The molecule has 1 aliphatic heterocycles. The number of methoxy groups -OCH3 is 1. The summed E-state index contributed by atoms with van der Waals surface area (Å²) < 4.78 is 5.49. The third-order valence-corrected chi connectivity index (χ3v) is 4.70. The average molecular weight is 398 g/mol. The maximum Gasteiger partial charge on any atom is 0.273 e. The first kappa shape index (κ1) is 20.5. The molecule has 26 heavy (non-hydrogen) atoms. The fourth-order valence-electron chi connectivity index (χ4n) is 3.26. The molecule has 0 amide bonds. The van der Waals surface area contributed by atoms with Crippen molar-refractivity contribution in [3.8, 4) is 5.75 Å². The minimum Gasteiger partial charge on any atom is -0.496 e. The Kier molecular flexibility index (Phi) is 7.23. The number of halogens is 2. The number of rotatable bonds is 5. The molecule has 1 atom stereocenters. The largest absolute Gasteiger partial charge is 0.496 e. The minimum absolute atomic E-state index is 0. The van der Waals surface area contributed by atoms with Crippen molar-refractivity contribution < 1.29 is 9.66 Å². The lowest BCUT2D eigenvalue weighted by atomic mass is 10.0. The third kappa shape index (κ3) is 4.45. The molecule has 0 aliphatic carbocycles. The van der Waals surface area contributed by atoms with Gasteiger partial charge in [-0.2, -0.15) is 0 Å². The predicted molar refractivity (Wildman–Crippen MR) is 104 cm³/mol. The monoisotopic (exact) mass is 397 g/mol. The molecule has 1 heterocycles. The fourth-order valence-corrected chi connectivity index (χ4v) is 3.46. The fraction of sp³-hybridized carbons (Fsp3) is 0.333. The van der Waals surface area contributed by atoms with E-state index in [2.05, 4.69) is 10.2 Å². The topological polar surface area (TPSA) is 67.6 Å². The van der Waals surface area contributed by atoms with Crippen molar-refractivity contribution in [2.24, 2.45) is 0 Å². The van der Waals surface area contributed by atoms with Crippen LogP contribution in [0.1, 0.15) is 17.2 Å². The van der Waals surface area contributed by atoms with Crippen molar-refractivity contribution in [1.82, 2.24) is 10.2 Å². The number of piperazine rings is 1. The molecule has 6 nitrogen and oxygen atoms in total. The second-order valence-corrected chi connectivity index (χ2v) is 6.40. The highest BCUT2D eigenvalue weighted by Gasteiger charge is 2.28. The standard InChI is InChI=1S/C18H20ClN3O3.ClH/c1-25-18-5-3-2-4-15(18)17-11-20-8-9-21(17)12-13-10-14(19)6-7-16(13)22(23)24;/h2-7,10,17,20H,8-9,11-12H2,1H3;1H. The smallest absolute Gasteiger partial charge is 0.273 e. The molecule has 140 valence electrons. The molecule has 2 aromatic rings. The zero-order chi connectivity index (χ0) is 17.8. The van der Waals surface area contributed by atoms with Gasteiger partial charge < -0.3 is 10.1 Å². The molecule has 0 radical (unpaired) electrons. The maximum atomic E-state index is 11.3. The summed E-state index contributed by atoms with van der Waals surface area (Å²) in [5.41, 5.74) is 1.79. The predicted octanol–water partition coefficient (Wildman–Crippen LogP) is 3.83. The van der Waals surface area contributed by atoms with Crippen LogP contribution in [-0.2, 0) is 6.54 Å². The van der Waals surface area contributed by atoms with Crippen LogP contribution >= 0.6 is 24.0 Å². The van der Waals surface area contributed by atoms with Crippen LogP contribution in [0, 0.1) is 10.1 Å². The Morgan fingerprint density at radius 1 is 1.35 bits per heavy atom. The van der Waals surface area contributed by atoms with Gasteiger partial charge in [-0.1, -0.05) is 29.8 Å². The van der Waals surface area contributed by atoms with Crippen molar-refractivity contribution in [3.63, 3.8) is 0 Å². The lowest BCUT2D eigenvalue weighted by molar-refractivity contribution is -0.385. The summed E-state index contributed by atoms with van der Waals surface area (Å²) in [6, 6.07) is 12.7. The number of nitrogens with zero attached hydrogens (tertiary/aromatic N) is 2. The summed E-state index contributed by atoms with van der Waals surface area (Å²) in [4.78, 5) is 13.2. The summed E-state index contributed by atoms with van der Waals surface area (Å²) in [6.07, 6.45) is 0. The van der Waals surface area contributed by atoms with Gasteiger partial charge in [-0.05, 0) is 18.2 Å². The van der Waals surface area contributed by atoms with Gasteiger partial charge in [0.2, 0.25) is 0 Å². The molecule has 1 fully saturated rings. The van der Waals surface area contributed by atoms with Gasteiger partial charge in [-0.15, -0.1) is 12.4 Å². The number of benzene rings is 2. The molecular formula is C18H21Cl2N3O3. The van der Waals surface area contributed by atoms with E-state index < -0.39 is 0 Å². The zero-order valence-corrected chi connectivity index (χ0v) is 15.9. The normalized spacial score (nSPS) is 17.4. The van der Waals surface area contributed by atoms with Gasteiger partial charge in [0.1, 0.15) is 5.75 Å². The molecule has 1 saturated heterocycles. The minimum atomic E-state index is -0.355. The lowest BCUT2D eigenvalue weighted by Gasteiger charge is -2.37. The third-order valence-electron chi connectivity index (χ3n) is 4.46. The van der Waals surface area contributed by atoms with Crippen LogP contribution in [-0.4, -0.2) is 36.6 Å². The highest BCUT2D eigenvalue weighted by Crippen LogP contribution is 2.33. The molecule has 1 N–H and O–H groups in total. The average Bonchev–Trinajstić information content (AvgIpc) is 2.62. The van der Waals surface area contributed by atoms with Crippen molar-refractivity contribution in [2.45, 2.75) is 12.6 Å². The van der Waals surface area contributed by atoms with E-state index in [1.807, 2.05) is 24.3 Å². The molecule has 8 heteroatoms. The van der Waals surface area contributed by atoms with Gasteiger partial charge in [0.05, 0.1) is 18.1 Å². The highest BCUT2D eigenvalue weighted by molar-refractivity contribution is 6.30. The number of nitro groups is 1. The first-order valence-electron chi connectivity index (χ1n) is 8.10. The van der Waals surface area contributed by atoms with E-state index in [0.29, 0.717) is 17.1 Å². The van der Waals surface area contributed by atoms with Crippen molar-refractivity contribution in [2.75, 3.05) is 26.7 Å². The molecule has 2 aromatic carbocycles. The Morgan fingerprint density at radius 2 is 2.12 bits per heavy atom. The molecular weight excluding hydrogens is 377 g/mol. The summed E-state index contributed by atoms with van der Waals surface area (Å²) in [7, 11) is 1.65. The molecule has 0 aromatic heterocycles. The number of para-hydroxylation sites is 1. The molecule has 1 aliphatic rings. The maximum absolute atomic E-state index is 11.3. The Hall–Kier alpha value is -1.86. The first-order valence-corrected chi connectivity index (χ1v) is 8.48. The number of hydrogen-bond donors (Lipinski definition) is 1. The Morgan fingerprint density at radius 3 is 2.85 bits per heavy atom. The van der Waals surface area contributed by atoms with Crippen LogP contribution in [0.25, 0.3) is 0 Å². The molecule has 0 spiro atoms. The van der Waals surface area contributed by atoms with Gasteiger partial charge in [0.25, 0.3) is 5.69 Å². The first-order chi connectivity index (χ1) is 12.1. The van der Waals surface area contributed by atoms with Crippen LogP contribution < -0.4 is 10.1 Å². The van der Waals surface area contributed by atoms with E-state index in [1.54, 1.807) is 19.2 Å². The summed E-state index contributed by atoms with van der Waals surface area (Å²) >= 11 is 6.07. The SMILES string of the molecule is COc1ccccc1C1CNCCN1Cc1cc(Cl)ccc1[N+](=O)[O-].Cl. The summed E-state index contributed by atoms with van der Waals surface area (Å²) in [5.74, 6) is 0.821. The van der Waals surface area contributed by atoms with Gasteiger partial charge in [0, 0.05) is 48.4 Å². The highest BCUT2D eigenvalue weighted by atomic mass is 35.5. The number of hydrogen-bond acceptors (Lipinski definition) is 5. The quantitative estimate of drug-likeness (QED) is 0.613. The number of nitrogens with one attached hydrogen (secondary N) is 1. The van der Waals surface area contributed by atoms with Crippen LogP contribution in [0.5, 0.6) is 5.75 Å². The van der Waals surface area contributed by atoms with Gasteiger partial charge in [0.15, 0.2) is 0 Å². The van der Waals surface area contributed by atoms with E-state index in [1.165, 1.54) is 6.07 Å². The van der Waals surface area contributed by atoms with Gasteiger partial charge in [-0.3, -0.25) is 15.0 Å². The number of nitro benzene ring substituents is 1. The Balaban J connectivity index is 0.00000243. The lowest BCUT2D eigenvalue weighted by Crippen LogP contribution is -2.45. The zero-order valence-electron chi connectivity index (χ0n) is 14.4. The molecule has 1 unspecified atom stereocenters. The second kappa shape index (κ2) is 9.19. The van der Waals surface area contributed by atoms with Crippen LogP contribution in [0.4, 0.5) is 5.69 Å². The molecule has 0 bridgehead atoms. The van der Waals surface area contributed by atoms with Crippen molar-refractivity contribution in [3.05, 3.63) is 68.7 Å². The van der Waals surface area contributed by atoms with Gasteiger partial charge in [-0.25, -0.2) is 0 Å². The number of ether oxygens (including phenoxy) is 1. The van der Waals surface area contributed by atoms with Crippen molar-refractivity contribution in [1.29, 1.82) is 0 Å². The van der Waals surface area contributed by atoms with E-state index in [9.17, 15) is 10.1 Å².